The average molecular weight is 299 g/mol. The van der Waals surface area contributed by atoms with E-state index in [0.29, 0.717) is 6.42 Å². The molecule has 3 rings (SSSR count). The summed E-state index contributed by atoms with van der Waals surface area (Å²) in [7, 11) is 1.64. The molecule has 5 nitrogen and oxygen atoms in total. The summed E-state index contributed by atoms with van der Waals surface area (Å²) in [6.07, 6.45) is 4.24. The summed E-state index contributed by atoms with van der Waals surface area (Å²) < 4.78 is 5.14. The third-order valence-corrected chi connectivity index (χ3v) is 4.13. The smallest absolute Gasteiger partial charge is 0.227 e. The van der Waals surface area contributed by atoms with Crippen molar-refractivity contribution in [1.82, 2.24) is 14.9 Å². The Morgan fingerprint density at radius 2 is 2.18 bits per heavy atom. The molecule has 1 amide bonds. The van der Waals surface area contributed by atoms with E-state index in [-0.39, 0.29) is 11.9 Å². The van der Waals surface area contributed by atoms with Gasteiger partial charge in [-0.15, -0.1) is 0 Å². The van der Waals surface area contributed by atoms with Crippen LogP contribution >= 0.6 is 0 Å². The van der Waals surface area contributed by atoms with Crippen molar-refractivity contribution < 1.29 is 9.53 Å². The molecule has 0 unspecified atom stereocenters. The predicted molar refractivity (Wildman–Crippen MR) is 83.7 cm³/mol. The summed E-state index contributed by atoms with van der Waals surface area (Å²) in [6.45, 7) is 2.79. The van der Waals surface area contributed by atoms with E-state index in [1.165, 1.54) is 0 Å². The van der Waals surface area contributed by atoms with Crippen LogP contribution in [0.5, 0.6) is 5.75 Å². The van der Waals surface area contributed by atoms with Crippen LogP contribution in [0.15, 0.2) is 30.5 Å². The lowest BCUT2D eigenvalue weighted by molar-refractivity contribution is -0.131. The number of aromatic nitrogens is 2. The minimum absolute atomic E-state index is 0.0828. The highest BCUT2D eigenvalue weighted by atomic mass is 16.5. The molecule has 22 heavy (non-hydrogen) atoms. The minimum atomic E-state index is 0.0828. The zero-order valence-electron chi connectivity index (χ0n) is 13.0. The molecule has 1 N–H and O–H groups in total. The zero-order chi connectivity index (χ0) is 15.5. The quantitative estimate of drug-likeness (QED) is 0.944. The fourth-order valence-electron chi connectivity index (χ4n) is 2.97. The lowest BCUT2D eigenvalue weighted by Crippen LogP contribution is -2.32. The summed E-state index contributed by atoms with van der Waals surface area (Å²) in [6, 6.07) is 7.75. The standard InChI is InChI=1S/C17H21N3O2/c1-12-11-18-17(19-12)15-4-3-9-20(15)16(21)10-13-5-7-14(22-2)8-6-13/h5-8,11,15H,3-4,9-10H2,1-2H3,(H,18,19)/t15-/m1/s1. The van der Waals surface area contributed by atoms with Crippen LogP contribution in [-0.4, -0.2) is 34.4 Å². The van der Waals surface area contributed by atoms with Gasteiger partial charge in [0.1, 0.15) is 11.6 Å². The summed E-state index contributed by atoms with van der Waals surface area (Å²) in [5.74, 6) is 1.86. The summed E-state index contributed by atoms with van der Waals surface area (Å²) >= 11 is 0. The largest absolute Gasteiger partial charge is 0.497 e. The number of methoxy groups -OCH3 is 1. The molecule has 2 aromatic rings. The van der Waals surface area contributed by atoms with Crippen LogP contribution in [0, 0.1) is 6.92 Å². The van der Waals surface area contributed by atoms with Gasteiger partial charge in [0.15, 0.2) is 0 Å². The summed E-state index contributed by atoms with van der Waals surface area (Å²) in [4.78, 5) is 22.2. The molecule has 5 heteroatoms. The van der Waals surface area contributed by atoms with Gasteiger partial charge in [0.25, 0.3) is 0 Å². The molecule has 0 radical (unpaired) electrons. The first-order chi connectivity index (χ1) is 10.7. The van der Waals surface area contributed by atoms with Gasteiger partial charge in [-0.2, -0.15) is 0 Å². The Bertz CT molecular complexity index is 648. The Balaban J connectivity index is 1.70. The van der Waals surface area contributed by atoms with E-state index in [4.69, 9.17) is 4.74 Å². The van der Waals surface area contributed by atoms with Crippen LogP contribution in [0.4, 0.5) is 0 Å². The van der Waals surface area contributed by atoms with Crippen LogP contribution in [0.1, 0.15) is 36.0 Å². The first-order valence-electron chi connectivity index (χ1n) is 7.61. The van der Waals surface area contributed by atoms with E-state index in [9.17, 15) is 4.79 Å². The number of hydrogen-bond acceptors (Lipinski definition) is 3. The number of aromatic amines is 1. The lowest BCUT2D eigenvalue weighted by Gasteiger charge is -2.23. The van der Waals surface area contributed by atoms with Crippen molar-refractivity contribution in [3.8, 4) is 5.75 Å². The molecule has 1 atom stereocenters. The predicted octanol–water partition coefficient (Wildman–Crippen LogP) is 2.63. The van der Waals surface area contributed by atoms with Crippen molar-refractivity contribution in [2.75, 3.05) is 13.7 Å². The molecule has 1 aromatic carbocycles. The topological polar surface area (TPSA) is 58.2 Å². The molecule has 0 bridgehead atoms. The molecule has 2 heterocycles. The molecule has 1 aliphatic heterocycles. The SMILES string of the molecule is COc1ccc(CC(=O)N2CCC[C@@H]2c2ncc(C)[nH]2)cc1. The van der Waals surface area contributed by atoms with Gasteiger partial charge in [-0.05, 0) is 37.5 Å². The van der Waals surface area contributed by atoms with Crippen molar-refractivity contribution in [1.29, 1.82) is 0 Å². The monoisotopic (exact) mass is 299 g/mol. The fraction of sp³-hybridized carbons (Fsp3) is 0.412. The second-order valence-corrected chi connectivity index (χ2v) is 5.72. The highest BCUT2D eigenvalue weighted by Crippen LogP contribution is 2.30. The number of rotatable bonds is 4. The number of nitrogens with zero attached hydrogens (tertiary/aromatic N) is 2. The van der Waals surface area contributed by atoms with Crippen LogP contribution < -0.4 is 4.74 Å². The normalized spacial score (nSPS) is 17.7. The van der Waals surface area contributed by atoms with E-state index in [1.807, 2.05) is 42.3 Å². The van der Waals surface area contributed by atoms with E-state index < -0.39 is 0 Å². The van der Waals surface area contributed by atoms with E-state index in [1.54, 1.807) is 7.11 Å². The van der Waals surface area contributed by atoms with E-state index >= 15 is 0 Å². The van der Waals surface area contributed by atoms with Crippen LogP contribution in [0.3, 0.4) is 0 Å². The third-order valence-electron chi connectivity index (χ3n) is 4.13. The van der Waals surface area contributed by atoms with Gasteiger partial charge >= 0.3 is 0 Å². The molecule has 1 aromatic heterocycles. The lowest BCUT2D eigenvalue weighted by atomic mass is 10.1. The molecular weight excluding hydrogens is 278 g/mol. The second-order valence-electron chi connectivity index (χ2n) is 5.72. The van der Waals surface area contributed by atoms with Crippen molar-refractivity contribution in [3.63, 3.8) is 0 Å². The van der Waals surface area contributed by atoms with E-state index in [2.05, 4.69) is 9.97 Å². The van der Waals surface area contributed by atoms with Crippen molar-refractivity contribution >= 4 is 5.91 Å². The third kappa shape index (κ3) is 2.98. The van der Waals surface area contributed by atoms with Gasteiger partial charge in [-0.3, -0.25) is 4.79 Å². The second kappa shape index (κ2) is 6.22. The maximum atomic E-state index is 12.6. The highest BCUT2D eigenvalue weighted by molar-refractivity contribution is 5.79. The van der Waals surface area contributed by atoms with Gasteiger partial charge in [0.2, 0.25) is 5.91 Å². The van der Waals surface area contributed by atoms with Crippen molar-refractivity contribution in [2.24, 2.45) is 0 Å². The number of nitrogens with one attached hydrogen (secondary N) is 1. The number of carbonyl (C=O) groups excluding carboxylic acids is 1. The molecule has 0 aliphatic carbocycles. The molecule has 1 saturated heterocycles. The number of ether oxygens (including phenoxy) is 1. The number of likely N-dealkylation sites (tertiary alicyclic amines) is 1. The summed E-state index contributed by atoms with van der Waals surface area (Å²) in [5, 5.41) is 0. The molecule has 1 fully saturated rings. The Kier molecular flexibility index (Phi) is 4.13. The van der Waals surface area contributed by atoms with Crippen LogP contribution in [-0.2, 0) is 11.2 Å². The fourth-order valence-corrected chi connectivity index (χ4v) is 2.97. The van der Waals surface area contributed by atoms with Crippen molar-refractivity contribution in [2.45, 2.75) is 32.2 Å². The van der Waals surface area contributed by atoms with Gasteiger partial charge in [0.05, 0.1) is 19.6 Å². The van der Waals surface area contributed by atoms with Gasteiger partial charge in [-0.25, -0.2) is 4.98 Å². The number of benzene rings is 1. The molecule has 0 saturated carbocycles. The molecular formula is C17H21N3O2. The molecule has 116 valence electrons. The van der Waals surface area contributed by atoms with E-state index in [0.717, 1.165) is 42.2 Å². The maximum Gasteiger partial charge on any atom is 0.227 e. The summed E-state index contributed by atoms with van der Waals surface area (Å²) in [5.41, 5.74) is 2.04. The van der Waals surface area contributed by atoms with Gasteiger partial charge in [0, 0.05) is 18.4 Å². The Labute approximate surface area is 130 Å². The number of aryl methyl sites for hydroxylation is 1. The van der Waals surface area contributed by atoms with Crippen LogP contribution in [0.25, 0.3) is 0 Å². The number of carbonyl (C=O) groups is 1. The zero-order valence-corrected chi connectivity index (χ0v) is 13.0. The Morgan fingerprint density at radius 3 is 2.82 bits per heavy atom. The van der Waals surface area contributed by atoms with Gasteiger partial charge < -0.3 is 14.6 Å². The highest BCUT2D eigenvalue weighted by Gasteiger charge is 2.31. The average Bonchev–Trinajstić information content (AvgIpc) is 3.16. The number of hydrogen-bond donors (Lipinski definition) is 1. The Hall–Kier alpha value is -2.30. The number of amides is 1. The molecule has 1 aliphatic rings. The minimum Gasteiger partial charge on any atom is -0.497 e. The number of H-pyrrole nitrogens is 1. The van der Waals surface area contributed by atoms with Crippen molar-refractivity contribution in [3.05, 3.63) is 47.5 Å². The first kappa shape index (κ1) is 14.6. The van der Waals surface area contributed by atoms with Gasteiger partial charge in [-0.1, -0.05) is 12.1 Å². The van der Waals surface area contributed by atoms with Crippen LogP contribution in [0.2, 0.25) is 0 Å². The molecule has 0 spiro atoms. The Morgan fingerprint density at radius 1 is 1.41 bits per heavy atom. The number of imidazole rings is 1. The first-order valence-corrected chi connectivity index (χ1v) is 7.61. The maximum absolute atomic E-state index is 12.6.